The van der Waals surface area contributed by atoms with Gasteiger partial charge in [0.05, 0.1) is 0 Å². The summed E-state index contributed by atoms with van der Waals surface area (Å²) >= 11 is 0. The number of rotatable bonds is 12. The first-order valence-electron chi connectivity index (χ1n) is 7.12. The maximum absolute atomic E-state index is 10.2. The van der Waals surface area contributed by atoms with E-state index in [2.05, 4.69) is 13.8 Å². The van der Waals surface area contributed by atoms with Crippen LogP contribution in [-0.2, 0) is 4.57 Å². The zero-order valence-corrected chi connectivity index (χ0v) is 12.3. The molecule has 0 saturated heterocycles. The van der Waals surface area contributed by atoms with Crippen LogP contribution >= 0.6 is 8.46 Å². The zero-order valence-electron chi connectivity index (χ0n) is 11.3. The Kier molecular flexibility index (Phi) is 13.2. The summed E-state index contributed by atoms with van der Waals surface area (Å²) in [5.41, 5.74) is 0. The van der Waals surface area contributed by atoms with Crippen LogP contribution in [0.25, 0.3) is 0 Å². The van der Waals surface area contributed by atoms with Gasteiger partial charge in [-0.1, -0.05) is 69.8 Å². The van der Waals surface area contributed by atoms with E-state index in [0.717, 1.165) is 18.5 Å². The molecule has 0 spiro atoms. The van der Waals surface area contributed by atoms with Crippen molar-refractivity contribution in [2.75, 3.05) is 6.16 Å². The van der Waals surface area contributed by atoms with Crippen molar-refractivity contribution >= 4 is 8.46 Å². The summed E-state index contributed by atoms with van der Waals surface area (Å²) in [5, 5.41) is 0. The lowest BCUT2D eigenvalue weighted by Gasteiger charge is -2.04. The van der Waals surface area contributed by atoms with Crippen molar-refractivity contribution in [3.8, 4) is 0 Å². The van der Waals surface area contributed by atoms with Crippen molar-refractivity contribution in [1.82, 2.24) is 0 Å². The fourth-order valence-electron chi connectivity index (χ4n) is 1.99. The molecule has 1 nitrogen and oxygen atoms in total. The minimum absolute atomic E-state index is 0.0826. The van der Waals surface area contributed by atoms with Gasteiger partial charge in [-0.3, -0.25) is 0 Å². The van der Waals surface area contributed by atoms with Crippen LogP contribution in [0.4, 0.5) is 0 Å². The van der Waals surface area contributed by atoms with Gasteiger partial charge in [-0.2, -0.15) is 0 Å². The molecule has 0 aromatic carbocycles. The Morgan fingerprint density at radius 3 is 1.62 bits per heavy atom. The second-order valence-electron chi connectivity index (χ2n) is 5.26. The first-order valence-corrected chi connectivity index (χ1v) is 8.24. The SMILES string of the molecule is CC(C)CCCCCCCCCCC[PH+]=O. The molecule has 1 atom stereocenters. The monoisotopic (exact) mass is 245 g/mol. The second kappa shape index (κ2) is 13.2. The molecule has 16 heavy (non-hydrogen) atoms. The average molecular weight is 245 g/mol. The van der Waals surface area contributed by atoms with Crippen molar-refractivity contribution in [1.29, 1.82) is 0 Å². The third kappa shape index (κ3) is 14.1. The molecule has 0 aliphatic heterocycles. The molecule has 0 aliphatic rings. The number of hydrogen-bond donors (Lipinski definition) is 0. The van der Waals surface area contributed by atoms with E-state index in [4.69, 9.17) is 0 Å². The van der Waals surface area contributed by atoms with Gasteiger partial charge >= 0.3 is 8.46 Å². The van der Waals surface area contributed by atoms with Crippen molar-refractivity contribution in [2.24, 2.45) is 5.92 Å². The van der Waals surface area contributed by atoms with Gasteiger partial charge in [0.25, 0.3) is 0 Å². The van der Waals surface area contributed by atoms with Crippen LogP contribution in [-0.4, -0.2) is 6.16 Å². The fourth-order valence-corrected chi connectivity index (χ4v) is 2.38. The summed E-state index contributed by atoms with van der Waals surface area (Å²) in [6.07, 6.45) is 14.6. The molecule has 0 saturated carbocycles. The summed E-state index contributed by atoms with van der Waals surface area (Å²) in [5.74, 6) is 0.877. The predicted molar refractivity (Wildman–Crippen MR) is 74.9 cm³/mol. The van der Waals surface area contributed by atoms with Gasteiger partial charge in [-0.25, -0.2) is 0 Å². The predicted octanol–water partition coefficient (Wildman–Crippen LogP) is 5.57. The zero-order chi connectivity index (χ0) is 12.1. The highest BCUT2D eigenvalue weighted by Crippen LogP contribution is 2.13. The lowest BCUT2D eigenvalue weighted by atomic mass is 10.0. The van der Waals surface area contributed by atoms with Crippen LogP contribution in [0.5, 0.6) is 0 Å². The van der Waals surface area contributed by atoms with E-state index in [1.165, 1.54) is 57.8 Å². The van der Waals surface area contributed by atoms with Gasteiger partial charge in [-0.05, 0) is 18.8 Å². The molecule has 2 heteroatoms. The number of unbranched alkanes of at least 4 members (excludes halogenated alkanes) is 8. The van der Waals surface area contributed by atoms with Crippen LogP contribution in [0.15, 0.2) is 0 Å². The molecular formula is C14H30OP+. The quantitative estimate of drug-likeness (QED) is 0.324. The molecule has 0 aliphatic carbocycles. The van der Waals surface area contributed by atoms with Gasteiger partial charge in [0.2, 0.25) is 0 Å². The smallest absolute Gasteiger partial charge is 0.0775 e. The van der Waals surface area contributed by atoms with Crippen LogP contribution in [0.1, 0.15) is 78.1 Å². The maximum atomic E-state index is 10.2. The normalized spacial score (nSPS) is 11.4. The van der Waals surface area contributed by atoms with E-state index in [9.17, 15) is 4.57 Å². The Morgan fingerprint density at radius 1 is 0.750 bits per heavy atom. The molecule has 0 aromatic heterocycles. The first-order chi connectivity index (χ1) is 7.77. The Morgan fingerprint density at radius 2 is 1.19 bits per heavy atom. The third-order valence-corrected chi connectivity index (χ3v) is 3.62. The van der Waals surface area contributed by atoms with E-state index in [0.29, 0.717) is 0 Å². The van der Waals surface area contributed by atoms with Gasteiger partial charge in [0, 0.05) is 0 Å². The standard InChI is InChI=1S/C14H29OP/c1-14(2)12-10-8-6-4-3-5-7-9-11-13-16-15/h14H,3-13H2,1-2H3/p+1. The highest BCUT2D eigenvalue weighted by molar-refractivity contribution is 7.23. The molecule has 0 radical (unpaired) electrons. The van der Waals surface area contributed by atoms with Crippen molar-refractivity contribution in [3.05, 3.63) is 0 Å². The van der Waals surface area contributed by atoms with E-state index >= 15 is 0 Å². The molecule has 0 N–H and O–H groups in total. The minimum Gasteiger partial charge on any atom is -0.0775 e. The van der Waals surface area contributed by atoms with E-state index in [1.807, 2.05) is 0 Å². The maximum Gasteiger partial charge on any atom is 0.324 e. The van der Waals surface area contributed by atoms with Crippen LogP contribution in [0.3, 0.4) is 0 Å². The molecule has 0 bridgehead atoms. The lowest BCUT2D eigenvalue weighted by molar-refractivity contribution is 0.507. The average Bonchev–Trinajstić information content (AvgIpc) is 2.25. The van der Waals surface area contributed by atoms with Crippen molar-refractivity contribution < 1.29 is 4.57 Å². The Bertz CT molecular complexity index is 146. The van der Waals surface area contributed by atoms with Gasteiger partial charge < -0.3 is 0 Å². The van der Waals surface area contributed by atoms with Crippen LogP contribution in [0, 0.1) is 5.92 Å². The van der Waals surface area contributed by atoms with Gasteiger partial charge in [0.1, 0.15) is 6.16 Å². The Labute approximate surface area is 104 Å². The highest BCUT2D eigenvalue weighted by Gasteiger charge is 1.96. The molecule has 0 aromatic rings. The summed E-state index contributed by atoms with van der Waals surface area (Å²) in [6, 6.07) is 0. The topological polar surface area (TPSA) is 17.1 Å². The summed E-state index contributed by atoms with van der Waals surface area (Å²) < 4.78 is 10.2. The molecule has 1 unspecified atom stereocenters. The van der Waals surface area contributed by atoms with E-state index in [1.54, 1.807) is 0 Å². The second-order valence-corrected chi connectivity index (χ2v) is 6.05. The Balaban J connectivity index is 2.90. The number of hydrogen-bond acceptors (Lipinski definition) is 1. The van der Waals surface area contributed by atoms with Crippen molar-refractivity contribution in [2.45, 2.75) is 78.1 Å². The van der Waals surface area contributed by atoms with Crippen LogP contribution < -0.4 is 0 Å². The molecular weight excluding hydrogens is 215 g/mol. The van der Waals surface area contributed by atoms with E-state index < -0.39 is 0 Å². The van der Waals surface area contributed by atoms with Gasteiger partial charge in [0.15, 0.2) is 0 Å². The van der Waals surface area contributed by atoms with Gasteiger partial charge in [-0.15, -0.1) is 0 Å². The minimum atomic E-state index is -0.0826. The Hall–Kier alpha value is 0.100. The largest absolute Gasteiger partial charge is 0.324 e. The summed E-state index contributed by atoms with van der Waals surface area (Å²) in [6.45, 7) is 4.62. The fraction of sp³-hybridized carbons (Fsp3) is 1.00. The van der Waals surface area contributed by atoms with E-state index in [-0.39, 0.29) is 8.46 Å². The molecule has 0 amide bonds. The summed E-state index contributed by atoms with van der Waals surface area (Å²) in [7, 11) is -0.0826. The lowest BCUT2D eigenvalue weighted by Crippen LogP contribution is -1.87. The summed E-state index contributed by atoms with van der Waals surface area (Å²) in [4.78, 5) is 0. The molecule has 0 fully saturated rings. The van der Waals surface area contributed by atoms with Crippen molar-refractivity contribution in [3.63, 3.8) is 0 Å². The first kappa shape index (κ1) is 16.1. The molecule has 96 valence electrons. The molecule has 0 rings (SSSR count). The third-order valence-electron chi connectivity index (χ3n) is 3.06. The highest BCUT2D eigenvalue weighted by atomic mass is 31.1. The molecule has 0 heterocycles. The van der Waals surface area contributed by atoms with Crippen LogP contribution in [0.2, 0.25) is 0 Å².